The Hall–Kier alpha value is -0.610. The lowest BCUT2D eigenvalue weighted by Crippen LogP contribution is -2.27. The Morgan fingerprint density at radius 1 is 1.53 bits per heavy atom. The molecule has 1 fully saturated rings. The number of hydrogen-bond acceptors (Lipinski definition) is 1. The Morgan fingerprint density at radius 3 is 2.80 bits per heavy atom. The summed E-state index contributed by atoms with van der Waals surface area (Å²) < 4.78 is 13.2. The second-order valence-electron chi connectivity index (χ2n) is 3.34. The van der Waals surface area contributed by atoms with E-state index in [4.69, 9.17) is 11.6 Å². The number of alkyl halides is 1. The van der Waals surface area contributed by atoms with Crippen LogP contribution in [0.1, 0.15) is 6.42 Å². The Morgan fingerprint density at radius 2 is 2.27 bits per heavy atom. The normalized spacial score (nSPS) is 21.1. The van der Waals surface area contributed by atoms with Gasteiger partial charge in [-0.25, -0.2) is 4.39 Å². The van der Waals surface area contributed by atoms with Crippen LogP contribution in [0.2, 0.25) is 5.02 Å². The van der Waals surface area contributed by atoms with Crippen LogP contribution in [0.25, 0.3) is 0 Å². The Kier molecular flexibility index (Phi) is 2.98. The first-order valence-electron chi connectivity index (χ1n) is 4.50. The quantitative estimate of drug-likeness (QED) is 0.729. The summed E-state index contributed by atoms with van der Waals surface area (Å²) in [6.07, 6.45) is 0.739. The highest BCUT2D eigenvalue weighted by molar-refractivity contribution is 9.10. The van der Waals surface area contributed by atoms with Crippen LogP contribution in [0.4, 0.5) is 10.1 Å². The number of rotatable bonds is 1. The van der Waals surface area contributed by atoms with Crippen molar-refractivity contribution in [2.45, 2.75) is 11.2 Å². The summed E-state index contributed by atoms with van der Waals surface area (Å²) in [7, 11) is 0. The minimum Gasteiger partial charge on any atom is -0.311 e. The zero-order valence-corrected chi connectivity index (χ0v) is 10.1. The van der Waals surface area contributed by atoms with Crippen LogP contribution in [0.3, 0.4) is 0 Å². The van der Waals surface area contributed by atoms with Gasteiger partial charge in [0.05, 0.1) is 9.85 Å². The highest BCUT2D eigenvalue weighted by Crippen LogP contribution is 2.27. The van der Waals surface area contributed by atoms with E-state index in [-0.39, 0.29) is 15.8 Å². The largest absolute Gasteiger partial charge is 0.311 e. The first kappa shape index (κ1) is 10.9. The zero-order valence-electron chi connectivity index (χ0n) is 7.71. The molecule has 5 heteroatoms. The lowest BCUT2D eigenvalue weighted by molar-refractivity contribution is -0.116. The summed E-state index contributed by atoms with van der Waals surface area (Å²) in [4.78, 5) is 13.0. The number of carbonyl (C=O) groups is 1. The van der Waals surface area contributed by atoms with Gasteiger partial charge in [0.1, 0.15) is 5.82 Å². The molecule has 1 amide bonds. The maximum Gasteiger partial charge on any atom is 0.240 e. The van der Waals surface area contributed by atoms with Crippen molar-refractivity contribution in [2.24, 2.45) is 0 Å². The molecule has 2 nitrogen and oxygen atoms in total. The fourth-order valence-electron chi connectivity index (χ4n) is 1.55. The summed E-state index contributed by atoms with van der Waals surface area (Å²) in [5.74, 6) is -0.531. The number of amides is 1. The minimum atomic E-state index is -0.500. The lowest BCUT2D eigenvalue weighted by atomic mass is 10.3. The van der Waals surface area contributed by atoms with Crippen molar-refractivity contribution in [1.82, 2.24) is 0 Å². The summed E-state index contributed by atoms with van der Waals surface area (Å²) in [5.41, 5.74) is 0.559. The molecule has 1 aliphatic rings. The highest BCUT2D eigenvalue weighted by atomic mass is 79.9. The molecule has 1 aromatic rings. The first-order valence-corrected chi connectivity index (χ1v) is 5.79. The number of benzene rings is 1. The Balaban J connectivity index is 2.31. The van der Waals surface area contributed by atoms with Crippen LogP contribution in [-0.4, -0.2) is 17.3 Å². The molecular weight excluding hydrogens is 284 g/mol. The van der Waals surface area contributed by atoms with E-state index >= 15 is 0 Å². The maximum absolute atomic E-state index is 13.2. The van der Waals surface area contributed by atoms with Crippen molar-refractivity contribution in [3.05, 3.63) is 29.0 Å². The fraction of sp³-hybridized carbons (Fsp3) is 0.300. The van der Waals surface area contributed by atoms with Crippen LogP contribution in [0, 0.1) is 5.82 Å². The van der Waals surface area contributed by atoms with Crippen molar-refractivity contribution >= 4 is 39.1 Å². The van der Waals surface area contributed by atoms with E-state index in [1.165, 1.54) is 12.1 Å². The van der Waals surface area contributed by atoms with Gasteiger partial charge in [0.15, 0.2) is 0 Å². The van der Waals surface area contributed by atoms with Gasteiger partial charge in [0.25, 0.3) is 0 Å². The van der Waals surface area contributed by atoms with Crippen LogP contribution in [0.15, 0.2) is 18.2 Å². The van der Waals surface area contributed by atoms with E-state index in [9.17, 15) is 9.18 Å². The van der Waals surface area contributed by atoms with Crippen molar-refractivity contribution in [2.75, 3.05) is 11.4 Å². The summed E-state index contributed by atoms with van der Waals surface area (Å²) >= 11 is 8.83. The number of nitrogens with zero attached hydrogens (tertiary/aromatic N) is 1. The zero-order chi connectivity index (χ0) is 11.0. The Bertz CT molecular complexity index is 412. The third-order valence-electron chi connectivity index (χ3n) is 2.35. The van der Waals surface area contributed by atoms with E-state index in [1.807, 2.05) is 0 Å². The van der Waals surface area contributed by atoms with E-state index in [0.29, 0.717) is 12.2 Å². The van der Waals surface area contributed by atoms with Gasteiger partial charge in [-0.15, -0.1) is 0 Å². The van der Waals surface area contributed by atoms with Crippen LogP contribution < -0.4 is 4.90 Å². The fourth-order valence-corrected chi connectivity index (χ4v) is 2.12. The topological polar surface area (TPSA) is 20.3 Å². The highest BCUT2D eigenvalue weighted by Gasteiger charge is 2.30. The van der Waals surface area contributed by atoms with E-state index in [2.05, 4.69) is 15.9 Å². The predicted molar refractivity (Wildman–Crippen MR) is 61.1 cm³/mol. The van der Waals surface area contributed by atoms with Crippen molar-refractivity contribution in [1.29, 1.82) is 0 Å². The van der Waals surface area contributed by atoms with Gasteiger partial charge in [0, 0.05) is 12.2 Å². The molecule has 1 aromatic carbocycles. The van der Waals surface area contributed by atoms with Crippen molar-refractivity contribution in [3.63, 3.8) is 0 Å². The predicted octanol–water partition coefficient (Wildman–Crippen LogP) is 2.98. The monoisotopic (exact) mass is 291 g/mol. The summed E-state index contributed by atoms with van der Waals surface area (Å²) in [5, 5.41) is 0.0702. The van der Waals surface area contributed by atoms with Gasteiger partial charge in [0.2, 0.25) is 5.91 Å². The standard InChI is InChI=1S/C10H8BrClFNO/c11-7-3-4-14(10(7)15)6-1-2-8(12)9(13)5-6/h1-2,5,7H,3-4H2. The molecular formula is C10H8BrClFNO. The van der Waals surface area contributed by atoms with Gasteiger partial charge in [-0.2, -0.15) is 0 Å². The molecule has 1 aliphatic heterocycles. The first-order chi connectivity index (χ1) is 7.09. The van der Waals surface area contributed by atoms with Crippen molar-refractivity contribution < 1.29 is 9.18 Å². The number of anilines is 1. The molecule has 2 rings (SSSR count). The molecule has 0 N–H and O–H groups in total. The van der Waals surface area contributed by atoms with E-state index in [0.717, 1.165) is 6.42 Å². The van der Waals surface area contributed by atoms with Gasteiger partial charge in [-0.05, 0) is 24.6 Å². The average molecular weight is 293 g/mol. The molecule has 0 aromatic heterocycles. The molecule has 1 unspecified atom stereocenters. The number of carbonyl (C=O) groups excluding carboxylic acids is 1. The molecule has 0 saturated carbocycles. The van der Waals surface area contributed by atoms with Gasteiger partial charge in [-0.3, -0.25) is 4.79 Å². The minimum absolute atomic E-state index is 0.0308. The van der Waals surface area contributed by atoms with E-state index < -0.39 is 5.82 Å². The Labute approximate surface area is 100 Å². The van der Waals surface area contributed by atoms with Crippen LogP contribution >= 0.6 is 27.5 Å². The molecule has 0 spiro atoms. The van der Waals surface area contributed by atoms with Crippen molar-refractivity contribution in [3.8, 4) is 0 Å². The average Bonchev–Trinajstić information content (AvgIpc) is 2.53. The molecule has 0 aliphatic carbocycles. The summed E-state index contributed by atoms with van der Waals surface area (Å²) in [6.45, 7) is 0.607. The van der Waals surface area contributed by atoms with Gasteiger partial charge < -0.3 is 4.90 Å². The third-order valence-corrected chi connectivity index (χ3v) is 3.51. The second kappa shape index (κ2) is 4.10. The molecule has 1 saturated heterocycles. The SMILES string of the molecule is O=C1C(Br)CCN1c1ccc(Cl)c(F)c1. The molecule has 15 heavy (non-hydrogen) atoms. The molecule has 0 bridgehead atoms. The van der Waals surface area contributed by atoms with Crippen LogP contribution in [0.5, 0.6) is 0 Å². The molecule has 1 heterocycles. The van der Waals surface area contributed by atoms with E-state index in [1.54, 1.807) is 11.0 Å². The molecule has 1 atom stereocenters. The molecule has 0 radical (unpaired) electrons. The lowest BCUT2D eigenvalue weighted by Gasteiger charge is -2.16. The molecule has 80 valence electrons. The smallest absolute Gasteiger partial charge is 0.240 e. The third kappa shape index (κ3) is 2.01. The van der Waals surface area contributed by atoms with Crippen LogP contribution in [-0.2, 0) is 4.79 Å². The van der Waals surface area contributed by atoms with Gasteiger partial charge >= 0.3 is 0 Å². The number of halogens is 3. The summed E-state index contributed by atoms with van der Waals surface area (Å²) in [6, 6.07) is 4.39. The van der Waals surface area contributed by atoms with Gasteiger partial charge in [-0.1, -0.05) is 27.5 Å². The second-order valence-corrected chi connectivity index (χ2v) is 4.86. The maximum atomic E-state index is 13.2. The number of hydrogen-bond donors (Lipinski definition) is 0.